The molecule has 0 bridgehead atoms. The van der Waals surface area contributed by atoms with Gasteiger partial charge in [-0.2, -0.15) is 5.10 Å². The zero-order valence-corrected chi connectivity index (χ0v) is 21.5. The smallest absolute Gasteiger partial charge is 0.192 e. The number of aromatic nitrogens is 4. The fraction of sp³-hybridized carbons (Fsp3) is 0.625. The second kappa shape index (κ2) is 8.63. The van der Waals surface area contributed by atoms with Gasteiger partial charge in [-0.1, -0.05) is 20.8 Å². The molecule has 0 aliphatic heterocycles. The Labute approximate surface area is 192 Å². The zero-order valence-electron chi connectivity index (χ0n) is 20.5. The van der Waals surface area contributed by atoms with E-state index in [0.717, 1.165) is 54.6 Å². The lowest BCUT2D eigenvalue weighted by Gasteiger charge is -2.41. The number of hydrogen-bond acceptors (Lipinski definition) is 6. The van der Waals surface area contributed by atoms with Crippen LogP contribution in [0.1, 0.15) is 65.3 Å². The number of pyridine rings is 1. The third-order valence-corrected chi connectivity index (χ3v) is 11.6. The fourth-order valence-corrected chi connectivity index (χ4v) is 5.66. The number of nitrogens with zero attached hydrogens (tertiary/aromatic N) is 4. The highest BCUT2D eigenvalue weighted by Gasteiger charge is 2.40. The summed E-state index contributed by atoms with van der Waals surface area (Å²) < 4.78 is 14.7. The van der Waals surface area contributed by atoms with E-state index in [2.05, 4.69) is 66.8 Å². The fourth-order valence-electron chi connectivity index (χ4n) is 4.24. The van der Waals surface area contributed by atoms with E-state index in [1.165, 1.54) is 0 Å². The molecule has 3 heterocycles. The van der Waals surface area contributed by atoms with E-state index in [-0.39, 0.29) is 5.04 Å². The highest BCUT2D eigenvalue weighted by molar-refractivity contribution is 6.74. The molecule has 0 amide bonds. The predicted octanol–water partition coefficient (Wildman–Crippen LogP) is 6.33. The van der Waals surface area contributed by atoms with E-state index >= 15 is 0 Å². The quantitative estimate of drug-likeness (QED) is 0.437. The average molecular weight is 456 g/mol. The normalized spacial score (nSPS) is 20.1. The monoisotopic (exact) mass is 455 g/mol. The van der Waals surface area contributed by atoms with Gasteiger partial charge in [0.15, 0.2) is 20.0 Å². The van der Waals surface area contributed by atoms with Crippen LogP contribution in [0.25, 0.3) is 22.4 Å². The molecule has 1 aliphatic carbocycles. The van der Waals surface area contributed by atoms with Crippen molar-refractivity contribution in [3.63, 3.8) is 0 Å². The lowest BCUT2D eigenvalue weighted by atomic mass is 9.93. The lowest BCUT2D eigenvalue weighted by Crippen LogP contribution is -2.44. The molecular formula is C24H37N5O2Si. The van der Waals surface area contributed by atoms with Crippen LogP contribution in [-0.4, -0.2) is 40.7 Å². The first-order valence-electron chi connectivity index (χ1n) is 11.8. The Morgan fingerprint density at radius 1 is 1.16 bits per heavy atom. The molecule has 8 heteroatoms. The largest absolute Gasteiger partial charge is 0.439 e. The van der Waals surface area contributed by atoms with Crippen molar-refractivity contribution >= 4 is 25.0 Å². The molecule has 0 unspecified atom stereocenters. The van der Waals surface area contributed by atoms with Gasteiger partial charge in [0.05, 0.1) is 17.8 Å². The maximum atomic E-state index is 6.71. The number of oxazole rings is 1. The van der Waals surface area contributed by atoms with Gasteiger partial charge in [0.2, 0.25) is 0 Å². The van der Waals surface area contributed by atoms with Crippen LogP contribution in [0.5, 0.6) is 0 Å². The number of rotatable bonds is 6. The molecule has 0 aromatic carbocycles. The van der Waals surface area contributed by atoms with E-state index in [0.29, 0.717) is 23.8 Å². The molecule has 1 saturated carbocycles. The van der Waals surface area contributed by atoms with Crippen molar-refractivity contribution in [2.45, 2.75) is 90.6 Å². The van der Waals surface area contributed by atoms with Crippen molar-refractivity contribution < 1.29 is 8.84 Å². The van der Waals surface area contributed by atoms with Gasteiger partial charge in [0.25, 0.3) is 0 Å². The summed E-state index contributed by atoms with van der Waals surface area (Å²) in [6.07, 6.45) is 8.26. The first-order chi connectivity index (χ1) is 15.1. The Kier molecular flexibility index (Phi) is 6.20. The van der Waals surface area contributed by atoms with Crippen molar-refractivity contribution in [1.29, 1.82) is 0 Å². The molecule has 1 N–H and O–H groups in total. The van der Waals surface area contributed by atoms with Crippen LogP contribution in [0.4, 0.5) is 5.82 Å². The van der Waals surface area contributed by atoms with E-state index in [9.17, 15) is 0 Å². The minimum absolute atomic E-state index is 0.238. The molecule has 0 saturated heterocycles. The van der Waals surface area contributed by atoms with Gasteiger partial charge in [-0.3, -0.25) is 4.68 Å². The summed E-state index contributed by atoms with van der Waals surface area (Å²) >= 11 is 0. The minimum atomic E-state index is -1.75. The summed E-state index contributed by atoms with van der Waals surface area (Å²) in [5.74, 6) is 2.21. The molecular weight excluding hydrogens is 418 g/mol. The zero-order chi connectivity index (χ0) is 23.1. The van der Waals surface area contributed by atoms with Crippen molar-refractivity contribution in [2.24, 2.45) is 0 Å². The van der Waals surface area contributed by atoms with Crippen molar-refractivity contribution in [1.82, 2.24) is 19.7 Å². The average Bonchev–Trinajstić information content (AvgIpc) is 3.31. The molecule has 1 aliphatic rings. The van der Waals surface area contributed by atoms with Crippen LogP contribution in [0.3, 0.4) is 0 Å². The molecule has 0 atom stereocenters. The molecule has 1 fully saturated rings. The standard InChI is InChI=1S/C24H37N5O2Si/c1-8-25-22-13-20-19(14-27-22)23(21-15-26-16(2)30-21)28-29(20)17-9-11-18(12-10-17)31-32(6,7)24(3,4)5/h13-15,17-18H,8-12H2,1-7H3,(H,25,27)/t17-,18-. The molecule has 32 heavy (non-hydrogen) atoms. The SMILES string of the molecule is CCNc1cc2c(cn1)c(-c1cnc(C)o1)nn2[C@H]1CC[C@H](O[Si](C)(C)C(C)(C)C)CC1. The van der Waals surface area contributed by atoms with Gasteiger partial charge in [-0.15, -0.1) is 0 Å². The Bertz CT molecular complexity index is 1070. The summed E-state index contributed by atoms with van der Waals surface area (Å²) in [5, 5.41) is 9.59. The van der Waals surface area contributed by atoms with Gasteiger partial charge in [0, 0.05) is 37.2 Å². The number of hydrogen-bond donors (Lipinski definition) is 1. The van der Waals surface area contributed by atoms with Crippen LogP contribution >= 0.6 is 0 Å². The van der Waals surface area contributed by atoms with E-state index in [4.69, 9.17) is 13.9 Å². The van der Waals surface area contributed by atoms with Crippen molar-refractivity contribution in [3.05, 3.63) is 24.4 Å². The summed E-state index contributed by atoms with van der Waals surface area (Å²) in [5.41, 5.74) is 1.91. The molecule has 4 rings (SSSR count). The summed E-state index contributed by atoms with van der Waals surface area (Å²) in [6.45, 7) is 16.4. The van der Waals surface area contributed by atoms with Crippen molar-refractivity contribution in [3.8, 4) is 11.5 Å². The van der Waals surface area contributed by atoms with Gasteiger partial charge in [-0.05, 0) is 50.7 Å². The molecule has 3 aromatic heterocycles. The van der Waals surface area contributed by atoms with E-state index in [1.54, 1.807) is 6.20 Å². The Hall–Kier alpha value is -2.19. The minimum Gasteiger partial charge on any atom is -0.439 e. The number of aryl methyl sites for hydroxylation is 1. The van der Waals surface area contributed by atoms with Gasteiger partial charge < -0.3 is 14.2 Å². The summed E-state index contributed by atoms with van der Waals surface area (Å²) in [7, 11) is -1.75. The third kappa shape index (κ3) is 4.48. The molecule has 7 nitrogen and oxygen atoms in total. The molecule has 3 aromatic rings. The Morgan fingerprint density at radius 3 is 2.47 bits per heavy atom. The maximum absolute atomic E-state index is 6.71. The number of nitrogens with one attached hydrogen (secondary N) is 1. The van der Waals surface area contributed by atoms with Crippen LogP contribution in [0, 0.1) is 6.92 Å². The first kappa shape index (κ1) is 23.0. The highest BCUT2D eigenvalue weighted by Crippen LogP contribution is 2.41. The van der Waals surface area contributed by atoms with Crippen LogP contribution in [-0.2, 0) is 4.43 Å². The van der Waals surface area contributed by atoms with Crippen LogP contribution < -0.4 is 5.32 Å². The molecule has 0 radical (unpaired) electrons. The molecule has 174 valence electrons. The number of fused-ring (bicyclic) bond motifs is 1. The lowest BCUT2D eigenvalue weighted by molar-refractivity contribution is 0.116. The van der Waals surface area contributed by atoms with E-state index < -0.39 is 8.32 Å². The van der Waals surface area contributed by atoms with Gasteiger partial charge >= 0.3 is 0 Å². The second-order valence-electron chi connectivity index (χ2n) is 10.5. The molecule has 0 spiro atoms. The Morgan fingerprint density at radius 2 is 1.88 bits per heavy atom. The third-order valence-electron chi connectivity index (χ3n) is 7.06. The van der Waals surface area contributed by atoms with Gasteiger partial charge in [0.1, 0.15) is 11.5 Å². The highest BCUT2D eigenvalue weighted by atomic mass is 28.4. The van der Waals surface area contributed by atoms with Gasteiger partial charge in [-0.25, -0.2) is 9.97 Å². The predicted molar refractivity (Wildman–Crippen MR) is 132 cm³/mol. The number of anilines is 1. The summed E-state index contributed by atoms with van der Waals surface area (Å²) in [6, 6.07) is 2.45. The topological polar surface area (TPSA) is 78.0 Å². The van der Waals surface area contributed by atoms with Crippen LogP contribution in [0.2, 0.25) is 18.1 Å². The Balaban J connectivity index is 1.61. The summed E-state index contributed by atoms with van der Waals surface area (Å²) in [4.78, 5) is 8.85. The first-order valence-corrected chi connectivity index (χ1v) is 14.7. The second-order valence-corrected chi connectivity index (χ2v) is 15.2. The maximum Gasteiger partial charge on any atom is 0.192 e. The van der Waals surface area contributed by atoms with Crippen molar-refractivity contribution in [2.75, 3.05) is 11.9 Å². The van der Waals surface area contributed by atoms with Crippen LogP contribution in [0.15, 0.2) is 22.9 Å². The van der Waals surface area contributed by atoms with E-state index in [1.807, 2.05) is 13.1 Å².